The molecule has 17 heavy (non-hydrogen) atoms. The molecule has 0 spiro atoms. The Balaban J connectivity index is 2.69. The number of phenols is 1. The minimum Gasteiger partial charge on any atom is -0.507 e. The molecule has 0 saturated heterocycles. The first-order valence-electron chi connectivity index (χ1n) is 4.98. The number of Topliss-reactive ketones (excluding diaryl/α,β-unsaturated/α-hetero) is 2. The number of fused-ring (bicyclic) bond motifs is 1. The number of halogens is 1. The molecule has 1 aliphatic carbocycles. The molecule has 1 N–H and O–H groups in total. The van der Waals surface area contributed by atoms with E-state index in [1.54, 1.807) is 6.08 Å². The van der Waals surface area contributed by atoms with Gasteiger partial charge in [0, 0.05) is 11.1 Å². The molecular formula is C13H9BrO3. The van der Waals surface area contributed by atoms with Crippen LogP contribution in [0.15, 0.2) is 40.9 Å². The first-order valence-corrected chi connectivity index (χ1v) is 5.78. The fourth-order valence-corrected chi connectivity index (χ4v) is 2.36. The zero-order valence-electron chi connectivity index (χ0n) is 8.87. The molecule has 0 unspecified atom stereocenters. The van der Waals surface area contributed by atoms with Crippen molar-refractivity contribution in [3.8, 4) is 5.75 Å². The van der Waals surface area contributed by atoms with Crippen LogP contribution in [0.1, 0.15) is 27.1 Å². The van der Waals surface area contributed by atoms with E-state index in [0.29, 0.717) is 12.0 Å². The maximum Gasteiger partial charge on any atom is 0.201 e. The lowest BCUT2D eigenvalue weighted by atomic mass is 9.87. The van der Waals surface area contributed by atoms with E-state index in [0.717, 1.165) is 0 Å². The molecule has 0 fully saturated rings. The van der Waals surface area contributed by atoms with Gasteiger partial charge in [-0.05, 0) is 34.5 Å². The van der Waals surface area contributed by atoms with Gasteiger partial charge in [0.25, 0.3) is 0 Å². The third-order valence-corrected chi connectivity index (χ3v) is 3.44. The van der Waals surface area contributed by atoms with Crippen molar-refractivity contribution in [3.63, 3.8) is 0 Å². The highest BCUT2D eigenvalue weighted by Gasteiger charge is 2.32. The standard InChI is InChI=1S/C13H9BrO3/c1-2-4-8-11(14)13(17)7-5-3-6-9(15)10(7)12(8)16/h2-3,5-6,15H,1,4H2. The van der Waals surface area contributed by atoms with Crippen LogP contribution >= 0.6 is 15.9 Å². The molecule has 1 aliphatic rings. The molecule has 0 atom stereocenters. The molecule has 1 aromatic carbocycles. The average Bonchev–Trinajstić information content (AvgIpc) is 2.31. The quantitative estimate of drug-likeness (QED) is 0.853. The second-order valence-electron chi connectivity index (χ2n) is 3.64. The van der Waals surface area contributed by atoms with Crippen LogP contribution in [0.3, 0.4) is 0 Å². The Hall–Kier alpha value is -1.68. The van der Waals surface area contributed by atoms with Gasteiger partial charge in [-0.15, -0.1) is 6.58 Å². The van der Waals surface area contributed by atoms with Gasteiger partial charge in [-0.2, -0.15) is 0 Å². The third-order valence-electron chi connectivity index (χ3n) is 2.60. The molecule has 0 aliphatic heterocycles. The van der Waals surface area contributed by atoms with Crippen molar-refractivity contribution in [1.82, 2.24) is 0 Å². The molecule has 0 bridgehead atoms. The number of carbonyl (C=O) groups excluding carboxylic acids is 2. The van der Waals surface area contributed by atoms with E-state index in [2.05, 4.69) is 22.5 Å². The highest BCUT2D eigenvalue weighted by Crippen LogP contribution is 2.35. The Labute approximate surface area is 107 Å². The largest absolute Gasteiger partial charge is 0.507 e. The molecule has 0 aromatic heterocycles. The van der Waals surface area contributed by atoms with E-state index in [1.165, 1.54) is 18.2 Å². The average molecular weight is 293 g/mol. The molecule has 0 heterocycles. The van der Waals surface area contributed by atoms with Crippen molar-refractivity contribution >= 4 is 27.5 Å². The monoisotopic (exact) mass is 292 g/mol. The predicted molar refractivity (Wildman–Crippen MR) is 67.5 cm³/mol. The van der Waals surface area contributed by atoms with Gasteiger partial charge in [-0.3, -0.25) is 9.59 Å². The van der Waals surface area contributed by atoms with Crippen LogP contribution in [-0.4, -0.2) is 16.7 Å². The summed E-state index contributed by atoms with van der Waals surface area (Å²) in [7, 11) is 0. The fraction of sp³-hybridized carbons (Fsp3) is 0.0769. The Bertz CT molecular complexity index is 570. The van der Waals surface area contributed by atoms with Gasteiger partial charge >= 0.3 is 0 Å². The van der Waals surface area contributed by atoms with Crippen LogP contribution in [-0.2, 0) is 0 Å². The van der Waals surface area contributed by atoms with Crippen LogP contribution in [0.2, 0.25) is 0 Å². The van der Waals surface area contributed by atoms with Crippen molar-refractivity contribution in [2.24, 2.45) is 0 Å². The van der Waals surface area contributed by atoms with Crippen LogP contribution in [0, 0.1) is 0 Å². The zero-order chi connectivity index (χ0) is 12.6. The summed E-state index contributed by atoms with van der Waals surface area (Å²) >= 11 is 3.14. The lowest BCUT2D eigenvalue weighted by Crippen LogP contribution is -2.19. The summed E-state index contributed by atoms with van der Waals surface area (Å²) in [4.78, 5) is 24.1. The van der Waals surface area contributed by atoms with E-state index in [4.69, 9.17) is 0 Å². The van der Waals surface area contributed by atoms with E-state index in [9.17, 15) is 14.7 Å². The van der Waals surface area contributed by atoms with Crippen molar-refractivity contribution < 1.29 is 14.7 Å². The number of carbonyl (C=O) groups is 2. The highest BCUT2D eigenvalue weighted by molar-refractivity contribution is 9.12. The van der Waals surface area contributed by atoms with Gasteiger partial charge < -0.3 is 5.11 Å². The Morgan fingerprint density at radius 2 is 2.00 bits per heavy atom. The molecule has 0 radical (unpaired) electrons. The van der Waals surface area contributed by atoms with Gasteiger partial charge in [-0.25, -0.2) is 0 Å². The van der Waals surface area contributed by atoms with Crippen LogP contribution in [0.5, 0.6) is 5.75 Å². The topological polar surface area (TPSA) is 54.4 Å². The second-order valence-corrected chi connectivity index (χ2v) is 4.44. The molecular weight excluding hydrogens is 284 g/mol. The minimum absolute atomic E-state index is 0.0811. The normalized spacial score (nSPS) is 14.9. The number of phenolic OH excluding ortho intramolecular Hbond substituents is 1. The van der Waals surface area contributed by atoms with E-state index >= 15 is 0 Å². The summed E-state index contributed by atoms with van der Waals surface area (Å²) < 4.78 is 0.250. The molecule has 0 amide bonds. The van der Waals surface area contributed by atoms with Gasteiger partial charge in [0.2, 0.25) is 5.78 Å². The summed E-state index contributed by atoms with van der Waals surface area (Å²) in [5.74, 6) is -0.778. The molecule has 4 heteroatoms. The van der Waals surface area contributed by atoms with E-state index in [-0.39, 0.29) is 32.9 Å². The Morgan fingerprint density at radius 3 is 2.65 bits per heavy atom. The number of ketones is 2. The molecule has 1 aromatic rings. The smallest absolute Gasteiger partial charge is 0.201 e. The van der Waals surface area contributed by atoms with E-state index < -0.39 is 0 Å². The lowest BCUT2D eigenvalue weighted by Gasteiger charge is -2.17. The van der Waals surface area contributed by atoms with Crippen molar-refractivity contribution in [2.75, 3.05) is 0 Å². The van der Waals surface area contributed by atoms with Gasteiger partial charge in [0.15, 0.2) is 5.78 Å². The summed E-state index contributed by atoms with van der Waals surface area (Å²) in [5.41, 5.74) is 0.645. The highest BCUT2D eigenvalue weighted by atomic mass is 79.9. The number of benzene rings is 1. The summed E-state index contributed by atoms with van der Waals surface area (Å²) in [5, 5.41) is 9.68. The fourth-order valence-electron chi connectivity index (χ4n) is 1.80. The Morgan fingerprint density at radius 1 is 1.29 bits per heavy atom. The summed E-state index contributed by atoms with van der Waals surface area (Å²) in [6.45, 7) is 3.55. The first-order chi connectivity index (χ1) is 8.07. The van der Waals surface area contributed by atoms with Gasteiger partial charge in [-0.1, -0.05) is 12.1 Å². The van der Waals surface area contributed by atoms with Crippen LogP contribution in [0.25, 0.3) is 0 Å². The lowest BCUT2D eigenvalue weighted by molar-refractivity contribution is 0.0978. The predicted octanol–water partition coefficient (Wildman–Crippen LogP) is 3.00. The Kier molecular flexibility index (Phi) is 2.98. The summed E-state index contributed by atoms with van der Waals surface area (Å²) in [6, 6.07) is 4.47. The SMILES string of the molecule is C=CCC1=C(Br)C(=O)c2cccc(O)c2C1=O. The van der Waals surface area contributed by atoms with Crippen LogP contribution < -0.4 is 0 Å². The maximum atomic E-state index is 12.1. The molecule has 2 rings (SSSR count). The molecule has 3 nitrogen and oxygen atoms in total. The maximum absolute atomic E-state index is 12.1. The number of hydrogen-bond acceptors (Lipinski definition) is 3. The zero-order valence-corrected chi connectivity index (χ0v) is 10.5. The summed E-state index contributed by atoms with van der Waals surface area (Å²) in [6.07, 6.45) is 1.84. The van der Waals surface area contributed by atoms with E-state index in [1.807, 2.05) is 0 Å². The number of allylic oxidation sites excluding steroid dienone is 3. The number of rotatable bonds is 2. The van der Waals surface area contributed by atoms with Gasteiger partial charge in [0.1, 0.15) is 5.75 Å². The van der Waals surface area contributed by atoms with Crippen molar-refractivity contribution in [2.45, 2.75) is 6.42 Å². The minimum atomic E-state index is -0.329. The van der Waals surface area contributed by atoms with Crippen molar-refractivity contribution in [3.05, 3.63) is 52.0 Å². The number of hydrogen-bond donors (Lipinski definition) is 1. The van der Waals surface area contributed by atoms with Crippen LogP contribution in [0.4, 0.5) is 0 Å². The first kappa shape index (κ1) is 11.8. The second kappa shape index (κ2) is 4.30. The molecule has 86 valence electrons. The van der Waals surface area contributed by atoms with Gasteiger partial charge in [0.05, 0.1) is 10.0 Å². The molecule has 0 saturated carbocycles. The number of aromatic hydroxyl groups is 1. The van der Waals surface area contributed by atoms with Crippen molar-refractivity contribution in [1.29, 1.82) is 0 Å². The third kappa shape index (κ3) is 1.74.